The molecule has 3 nitrogen and oxygen atoms in total. The van der Waals surface area contributed by atoms with E-state index in [9.17, 15) is 4.79 Å². The maximum atomic E-state index is 11.5. The summed E-state index contributed by atoms with van der Waals surface area (Å²) in [5, 5.41) is 4.82. The minimum Gasteiger partial charge on any atom is -0.355 e. The van der Waals surface area contributed by atoms with Gasteiger partial charge in [0.2, 0.25) is 5.91 Å². The molecule has 0 radical (unpaired) electrons. The fourth-order valence-corrected chi connectivity index (χ4v) is 2.31. The molecule has 2 rings (SSSR count). The van der Waals surface area contributed by atoms with E-state index in [-0.39, 0.29) is 12.5 Å². The molecule has 0 atom stereocenters. The highest BCUT2D eigenvalue weighted by atomic mass is 35.5. The van der Waals surface area contributed by atoms with Gasteiger partial charge in [-0.3, -0.25) is 4.79 Å². The average molecular weight is 271 g/mol. The van der Waals surface area contributed by atoms with Crippen LogP contribution in [0.4, 0.5) is 0 Å². The Bertz CT molecular complexity index is 563. The van der Waals surface area contributed by atoms with E-state index in [1.165, 1.54) is 0 Å². The van der Waals surface area contributed by atoms with Crippen molar-refractivity contribution in [2.45, 2.75) is 13.5 Å². The zero-order chi connectivity index (χ0) is 12.4. The smallest absolute Gasteiger partial charge is 0.239 e. The summed E-state index contributed by atoms with van der Waals surface area (Å²) in [6.45, 7) is 2.78. The Balaban J connectivity index is 2.39. The van der Waals surface area contributed by atoms with Crippen molar-refractivity contribution in [1.82, 2.24) is 9.88 Å². The summed E-state index contributed by atoms with van der Waals surface area (Å²) in [6.07, 6.45) is 1.84. The third-order valence-corrected chi connectivity index (χ3v) is 3.02. The first kappa shape index (κ1) is 12.3. The third-order valence-electron chi connectivity index (χ3n) is 2.49. The first-order chi connectivity index (χ1) is 8.11. The molecule has 17 heavy (non-hydrogen) atoms. The van der Waals surface area contributed by atoms with E-state index in [0.717, 1.165) is 10.9 Å². The Morgan fingerprint density at radius 3 is 2.88 bits per heavy atom. The summed E-state index contributed by atoms with van der Waals surface area (Å²) in [7, 11) is 0. The van der Waals surface area contributed by atoms with Gasteiger partial charge in [0, 0.05) is 23.2 Å². The predicted octanol–water partition coefficient (Wildman–Crippen LogP) is 3.08. The molecule has 0 spiro atoms. The van der Waals surface area contributed by atoms with Gasteiger partial charge in [-0.05, 0) is 25.1 Å². The van der Waals surface area contributed by atoms with Crippen LogP contribution in [0.2, 0.25) is 10.0 Å². The number of aromatic nitrogens is 1. The zero-order valence-electron chi connectivity index (χ0n) is 9.34. The van der Waals surface area contributed by atoms with Gasteiger partial charge in [-0.25, -0.2) is 0 Å². The molecule has 1 aromatic heterocycles. The lowest BCUT2D eigenvalue weighted by Crippen LogP contribution is -2.26. The molecule has 0 fully saturated rings. The number of hydrogen-bond donors (Lipinski definition) is 1. The van der Waals surface area contributed by atoms with Gasteiger partial charge in [0.05, 0.1) is 10.5 Å². The zero-order valence-corrected chi connectivity index (χ0v) is 10.8. The number of hydrogen-bond acceptors (Lipinski definition) is 1. The van der Waals surface area contributed by atoms with Crippen molar-refractivity contribution in [3.05, 3.63) is 34.4 Å². The van der Waals surface area contributed by atoms with Crippen LogP contribution in [-0.4, -0.2) is 17.0 Å². The fraction of sp³-hybridized carbons (Fsp3) is 0.250. The van der Waals surface area contributed by atoms with Crippen LogP contribution in [0.3, 0.4) is 0 Å². The van der Waals surface area contributed by atoms with Crippen molar-refractivity contribution >= 4 is 40.0 Å². The molecule has 0 saturated carbocycles. The number of nitrogens with zero attached hydrogens (tertiary/aromatic N) is 1. The number of likely N-dealkylation sites (N-methyl/N-ethyl adjacent to an activating group) is 1. The number of fused-ring (bicyclic) bond motifs is 1. The van der Waals surface area contributed by atoms with Crippen LogP contribution in [0.5, 0.6) is 0 Å². The predicted molar refractivity (Wildman–Crippen MR) is 70.6 cm³/mol. The molecule has 0 saturated heterocycles. The Morgan fingerprint density at radius 1 is 1.41 bits per heavy atom. The van der Waals surface area contributed by atoms with Gasteiger partial charge in [0.15, 0.2) is 0 Å². The van der Waals surface area contributed by atoms with Crippen LogP contribution in [0, 0.1) is 0 Å². The van der Waals surface area contributed by atoms with Crippen LogP contribution in [0.1, 0.15) is 6.92 Å². The molecule has 0 bridgehead atoms. The highest BCUT2D eigenvalue weighted by molar-refractivity contribution is 6.38. The highest BCUT2D eigenvalue weighted by Gasteiger charge is 2.08. The summed E-state index contributed by atoms with van der Waals surface area (Å²) in [4.78, 5) is 11.5. The van der Waals surface area contributed by atoms with Gasteiger partial charge in [0.25, 0.3) is 0 Å². The van der Waals surface area contributed by atoms with Crippen LogP contribution >= 0.6 is 23.2 Å². The number of amides is 1. The minimum absolute atomic E-state index is 0.0268. The van der Waals surface area contributed by atoms with Gasteiger partial charge < -0.3 is 9.88 Å². The normalized spacial score (nSPS) is 10.8. The summed E-state index contributed by atoms with van der Waals surface area (Å²) in [6, 6.07) is 5.39. The standard InChI is InChI=1S/C12H12Cl2N2O/c1-2-15-12(17)7-16-4-3-9-10(14)5-8(13)6-11(9)16/h3-6H,2,7H2,1H3,(H,15,17). The maximum absolute atomic E-state index is 11.5. The van der Waals surface area contributed by atoms with Crippen molar-refractivity contribution in [1.29, 1.82) is 0 Å². The van der Waals surface area contributed by atoms with E-state index in [1.807, 2.05) is 29.8 Å². The second-order valence-corrected chi connectivity index (χ2v) is 4.56. The molecule has 0 aliphatic heterocycles. The highest BCUT2D eigenvalue weighted by Crippen LogP contribution is 2.28. The van der Waals surface area contributed by atoms with Crippen molar-refractivity contribution in [3.8, 4) is 0 Å². The molecule has 1 amide bonds. The van der Waals surface area contributed by atoms with Gasteiger partial charge in [-0.1, -0.05) is 23.2 Å². The van der Waals surface area contributed by atoms with Crippen molar-refractivity contribution in [2.24, 2.45) is 0 Å². The van der Waals surface area contributed by atoms with Crippen molar-refractivity contribution < 1.29 is 4.79 Å². The van der Waals surface area contributed by atoms with Crippen LogP contribution in [-0.2, 0) is 11.3 Å². The molecule has 2 aromatic rings. The molecule has 0 aliphatic carbocycles. The molecular weight excluding hydrogens is 259 g/mol. The minimum atomic E-state index is -0.0268. The van der Waals surface area contributed by atoms with E-state index in [4.69, 9.17) is 23.2 Å². The monoisotopic (exact) mass is 270 g/mol. The Labute approximate surface area is 109 Å². The molecule has 1 N–H and O–H groups in total. The van der Waals surface area contributed by atoms with Gasteiger partial charge in [-0.15, -0.1) is 0 Å². The number of nitrogens with one attached hydrogen (secondary N) is 1. The number of benzene rings is 1. The quantitative estimate of drug-likeness (QED) is 0.914. The number of halogens is 2. The topological polar surface area (TPSA) is 34.0 Å². The SMILES string of the molecule is CCNC(=O)Cn1ccc2c(Cl)cc(Cl)cc21. The van der Waals surface area contributed by atoms with Crippen molar-refractivity contribution in [3.63, 3.8) is 0 Å². The average Bonchev–Trinajstić information content (AvgIpc) is 2.62. The lowest BCUT2D eigenvalue weighted by atomic mass is 10.2. The Kier molecular flexibility index (Phi) is 3.60. The van der Waals surface area contributed by atoms with E-state index < -0.39 is 0 Å². The van der Waals surface area contributed by atoms with E-state index in [0.29, 0.717) is 16.6 Å². The van der Waals surface area contributed by atoms with Crippen LogP contribution in [0.25, 0.3) is 10.9 Å². The van der Waals surface area contributed by atoms with Crippen LogP contribution in [0.15, 0.2) is 24.4 Å². The third kappa shape index (κ3) is 2.56. The Hall–Kier alpha value is -1.19. The van der Waals surface area contributed by atoms with E-state index in [1.54, 1.807) is 6.07 Å². The number of carbonyl (C=O) groups excluding carboxylic acids is 1. The summed E-state index contributed by atoms with van der Waals surface area (Å²) in [5.41, 5.74) is 0.869. The second kappa shape index (κ2) is 4.98. The molecular formula is C12H12Cl2N2O. The Morgan fingerprint density at radius 2 is 2.18 bits per heavy atom. The van der Waals surface area contributed by atoms with Crippen molar-refractivity contribution in [2.75, 3.05) is 6.54 Å². The molecule has 5 heteroatoms. The second-order valence-electron chi connectivity index (χ2n) is 3.72. The number of carbonyl (C=O) groups is 1. The van der Waals surface area contributed by atoms with Gasteiger partial charge in [-0.2, -0.15) is 0 Å². The summed E-state index contributed by atoms with van der Waals surface area (Å²) in [5.74, 6) is -0.0268. The molecule has 90 valence electrons. The van der Waals surface area contributed by atoms with Crippen LogP contribution < -0.4 is 5.32 Å². The van der Waals surface area contributed by atoms with E-state index >= 15 is 0 Å². The molecule has 0 unspecified atom stereocenters. The molecule has 1 aromatic carbocycles. The number of rotatable bonds is 3. The first-order valence-corrected chi connectivity index (χ1v) is 6.08. The molecule has 1 heterocycles. The first-order valence-electron chi connectivity index (χ1n) is 5.32. The fourth-order valence-electron chi connectivity index (χ4n) is 1.76. The van der Waals surface area contributed by atoms with Gasteiger partial charge >= 0.3 is 0 Å². The lowest BCUT2D eigenvalue weighted by molar-refractivity contribution is -0.121. The largest absolute Gasteiger partial charge is 0.355 e. The molecule has 0 aliphatic rings. The lowest BCUT2D eigenvalue weighted by Gasteiger charge is -2.06. The maximum Gasteiger partial charge on any atom is 0.239 e. The van der Waals surface area contributed by atoms with E-state index in [2.05, 4.69) is 5.32 Å². The summed E-state index contributed by atoms with van der Waals surface area (Å²) >= 11 is 12.0. The van der Waals surface area contributed by atoms with Gasteiger partial charge in [0.1, 0.15) is 6.54 Å². The summed E-state index contributed by atoms with van der Waals surface area (Å²) < 4.78 is 1.83.